The quantitative estimate of drug-likeness (QED) is 0.587. The van der Waals surface area contributed by atoms with Gasteiger partial charge in [0.25, 0.3) is 0 Å². The van der Waals surface area contributed by atoms with Crippen molar-refractivity contribution in [1.29, 1.82) is 0 Å². The maximum Gasteiger partial charge on any atom is 0.408 e. The van der Waals surface area contributed by atoms with E-state index in [0.717, 1.165) is 4.68 Å². The summed E-state index contributed by atoms with van der Waals surface area (Å²) in [5.74, 6) is 1.13. The Morgan fingerprint density at radius 3 is 2.88 bits per heavy atom. The molecule has 0 atom stereocenters. The van der Waals surface area contributed by atoms with Crippen LogP contribution in [0.5, 0.6) is 0 Å². The normalized spacial score (nSPS) is 12.0. The third kappa shape index (κ3) is 3.16. The summed E-state index contributed by atoms with van der Waals surface area (Å²) in [5.41, 5.74) is 1.40. The second kappa shape index (κ2) is 5.61. The smallest absolute Gasteiger partial charge is 0.408 e. The second-order valence-electron chi connectivity index (χ2n) is 5.17. The Labute approximate surface area is 137 Å². The van der Waals surface area contributed by atoms with Gasteiger partial charge in [0.05, 0.1) is 24.3 Å². The van der Waals surface area contributed by atoms with Crippen molar-refractivity contribution in [3.05, 3.63) is 37.0 Å². The van der Waals surface area contributed by atoms with Crippen LogP contribution in [0.15, 0.2) is 41.4 Å². The van der Waals surface area contributed by atoms with Gasteiger partial charge in [-0.1, -0.05) is 0 Å². The lowest BCUT2D eigenvalue weighted by molar-refractivity contribution is -0.142. The predicted molar refractivity (Wildman–Crippen MR) is 81.0 cm³/mol. The Bertz CT molecular complexity index is 1000. The lowest BCUT2D eigenvalue weighted by atomic mass is 10.3. The summed E-state index contributed by atoms with van der Waals surface area (Å²) in [6.07, 6.45) is 1.18. The molecule has 4 aromatic rings. The molecule has 4 aromatic heterocycles. The average Bonchev–Trinajstić information content (AvgIpc) is 3.26. The van der Waals surface area contributed by atoms with E-state index in [1.165, 1.54) is 24.9 Å². The van der Waals surface area contributed by atoms with Crippen LogP contribution in [0.25, 0.3) is 22.6 Å². The fourth-order valence-electron chi connectivity index (χ4n) is 2.28. The van der Waals surface area contributed by atoms with Crippen molar-refractivity contribution in [1.82, 2.24) is 29.9 Å². The van der Waals surface area contributed by atoms with Gasteiger partial charge in [-0.25, -0.2) is 9.97 Å². The van der Waals surface area contributed by atoms with Crippen LogP contribution in [0.1, 0.15) is 0 Å². The minimum absolute atomic E-state index is 0.323. The summed E-state index contributed by atoms with van der Waals surface area (Å²) < 4.78 is 43.4. The van der Waals surface area contributed by atoms with Gasteiger partial charge in [-0.15, -0.1) is 0 Å². The standard InChI is InChI=1S/C14H10F3N7O/c15-14(16,17)7-24-6-8(4-19-24)20-13-11-9(5-18-23-11)21-12(22-13)10-2-1-3-25-10/h1-6H,7H2,(H,18,23)(H,20,21,22). The molecule has 4 rings (SSSR count). The largest absolute Gasteiger partial charge is 0.461 e. The number of hydrogen-bond acceptors (Lipinski definition) is 6. The Hall–Kier alpha value is -3.37. The molecule has 0 aliphatic carbocycles. The number of nitrogens with zero attached hydrogens (tertiary/aromatic N) is 5. The fourth-order valence-corrected chi connectivity index (χ4v) is 2.28. The van der Waals surface area contributed by atoms with Gasteiger partial charge in [0, 0.05) is 6.20 Å². The molecule has 25 heavy (non-hydrogen) atoms. The van der Waals surface area contributed by atoms with Crippen LogP contribution >= 0.6 is 0 Å². The number of furan rings is 1. The fraction of sp³-hybridized carbons (Fsp3) is 0.143. The van der Waals surface area contributed by atoms with Gasteiger partial charge < -0.3 is 9.73 Å². The average molecular weight is 349 g/mol. The van der Waals surface area contributed by atoms with Gasteiger partial charge in [0.1, 0.15) is 17.6 Å². The van der Waals surface area contributed by atoms with E-state index in [4.69, 9.17) is 4.42 Å². The molecular weight excluding hydrogens is 339 g/mol. The van der Waals surface area contributed by atoms with E-state index in [1.807, 2.05) is 0 Å². The van der Waals surface area contributed by atoms with Gasteiger partial charge in [-0.3, -0.25) is 9.78 Å². The Morgan fingerprint density at radius 2 is 2.12 bits per heavy atom. The molecule has 0 aliphatic heterocycles. The number of aromatic nitrogens is 6. The van der Waals surface area contributed by atoms with Crippen LogP contribution < -0.4 is 5.32 Å². The topological polar surface area (TPSA) is 97.5 Å². The summed E-state index contributed by atoms with van der Waals surface area (Å²) >= 11 is 0. The van der Waals surface area contributed by atoms with E-state index in [2.05, 4.69) is 30.6 Å². The van der Waals surface area contributed by atoms with Crippen molar-refractivity contribution in [2.45, 2.75) is 12.7 Å². The van der Waals surface area contributed by atoms with Crippen LogP contribution in [0.2, 0.25) is 0 Å². The summed E-state index contributed by atoms with van der Waals surface area (Å²) in [4.78, 5) is 8.67. The molecule has 4 heterocycles. The Balaban J connectivity index is 1.68. The number of nitrogens with one attached hydrogen (secondary N) is 2. The molecule has 0 amide bonds. The minimum atomic E-state index is -4.35. The van der Waals surface area contributed by atoms with Crippen molar-refractivity contribution in [3.8, 4) is 11.6 Å². The molecule has 0 spiro atoms. The lowest BCUT2D eigenvalue weighted by Crippen LogP contribution is -2.17. The molecule has 0 bridgehead atoms. The van der Waals surface area contributed by atoms with E-state index < -0.39 is 12.7 Å². The lowest BCUT2D eigenvalue weighted by Gasteiger charge is -2.06. The molecule has 0 saturated heterocycles. The van der Waals surface area contributed by atoms with Crippen molar-refractivity contribution in [2.24, 2.45) is 0 Å². The third-order valence-electron chi connectivity index (χ3n) is 3.28. The van der Waals surface area contributed by atoms with Crippen molar-refractivity contribution < 1.29 is 17.6 Å². The molecular formula is C14H10F3N7O. The number of hydrogen-bond donors (Lipinski definition) is 2. The van der Waals surface area contributed by atoms with Gasteiger partial charge in [0.2, 0.25) is 0 Å². The zero-order chi connectivity index (χ0) is 17.4. The number of aromatic amines is 1. The van der Waals surface area contributed by atoms with Gasteiger partial charge in [0.15, 0.2) is 17.4 Å². The van der Waals surface area contributed by atoms with E-state index in [9.17, 15) is 13.2 Å². The molecule has 8 nitrogen and oxygen atoms in total. The van der Waals surface area contributed by atoms with Gasteiger partial charge >= 0.3 is 6.18 Å². The number of halogens is 3. The summed E-state index contributed by atoms with van der Waals surface area (Å²) in [5, 5.41) is 13.3. The van der Waals surface area contributed by atoms with Crippen LogP contribution in [0, 0.1) is 0 Å². The van der Waals surface area contributed by atoms with Crippen molar-refractivity contribution >= 4 is 22.5 Å². The first-order chi connectivity index (χ1) is 12.0. The predicted octanol–water partition coefficient (Wildman–Crippen LogP) is 3.12. The molecule has 0 unspecified atom stereocenters. The first-order valence-electron chi connectivity index (χ1n) is 7.09. The Kier molecular flexibility index (Phi) is 3.41. The molecule has 128 valence electrons. The third-order valence-corrected chi connectivity index (χ3v) is 3.28. The molecule has 2 N–H and O–H groups in total. The van der Waals surface area contributed by atoms with E-state index >= 15 is 0 Å². The monoisotopic (exact) mass is 349 g/mol. The summed E-state index contributed by atoms with van der Waals surface area (Å²) in [6, 6.07) is 3.40. The first-order valence-corrected chi connectivity index (χ1v) is 7.09. The van der Waals surface area contributed by atoms with Crippen LogP contribution in [0.4, 0.5) is 24.7 Å². The van der Waals surface area contributed by atoms with E-state index in [1.54, 1.807) is 12.1 Å². The molecule has 11 heteroatoms. The van der Waals surface area contributed by atoms with E-state index in [0.29, 0.717) is 34.1 Å². The highest BCUT2D eigenvalue weighted by Gasteiger charge is 2.28. The number of anilines is 2. The zero-order valence-electron chi connectivity index (χ0n) is 12.4. The van der Waals surface area contributed by atoms with Crippen molar-refractivity contribution in [3.63, 3.8) is 0 Å². The molecule has 0 aromatic carbocycles. The number of rotatable bonds is 4. The highest BCUT2D eigenvalue weighted by molar-refractivity contribution is 5.88. The first kappa shape index (κ1) is 15.2. The Morgan fingerprint density at radius 1 is 1.24 bits per heavy atom. The van der Waals surface area contributed by atoms with Gasteiger partial charge in [-0.05, 0) is 12.1 Å². The maximum absolute atomic E-state index is 12.4. The number of alkyl halides is 3. The number of H-pyrrole nitrogens is 1. The minimum Gasteiger partial charge on any atom is -0.461 e. The zero-order valence-corrected chi connectivity index (χ0v) is 12.4. The molecule has 0 aliphatic rings. The highest BCUT2D eigenvalue weighted by Crippen LogP contribution is 2.26. The molecule has 0 fully saturated rings. The van der Waals surface area contributed by atoms with Crippen LogP contribution in [0.3, 0.4) is 0 Å². The van der Waals surface area contributed by atoms with Crippen molar-refractivity contribution in [2.75, 3.05) is 5.32 Å². The number of fused-ring (bicyclic) bond motifs is 1. The molecule has 0 saturated carbocycles. The van der Waals surface area contributed by atoms with Crippen LogP contribution in [-0.4, -0.2) is 36.1 Å². The summed E-state index contributed by atoms with van der Waals surface area (Å²) in [7, 11) is 0. The van der Waals surface area contributed by atoms with Gasteiger partial charge in [-0.2, -0.15) is 23.4 Å². The second-order valence-corrected chi connectivity index (χ2v) is 5.17. The van der Waals surface area contributed by atoms with Crippen LogP contribution in [-0.2, 0) is 6.54 Å². The SMILES string of the molecule is FC(F)(F)Cn1cc(Nc2nc(-c3ccco3)nc3cn[nH]c23)cn1. The maximum atomic E-state index is 12.4. The molecule has 0 radical (unpaired) electrons. The summed E-state index contributed by atoms with van der Waals surface area (Å²) in [6.45, 7) is -1.17. The highest BCUT2D eigenvalue weighted by atomic mass is 19.4. The van der Waals surface area contributed by atoms with E-state index in [-0.39, 0.29) is 0 Å².